The van der Waals surface area contributed by atoms with Crippen molar-refractivity contribution in [2.45, 2.75) is 13.3 Å². The fourth-order valence-corrected chi connectivity index (χ4v) is 4.01. The average Bonchev–Trinajstić information content (AvgIpc) is 3.21. The van der Waals surface area contributed by atoms with E-state index in [1.54, 1.807) is 11.3 Å². The molecular formula is C24H27N5OS. The first kappa shape index (κ1) is 21.2. The summed E-state index contributed by atoms with van der Waals surface area (Å²) in [6, 6.07) is 16.5. The Balaban J connectivity index is 1.39. The van der Waals surface area contributed by atoms with Crippen molar-refractivity contribution in [2.24, 2.45) is 0 Å². The van der Waals surface area contributed by atoms with Gasteiger partial charge in [0.2, 0.25) is 0 Å². The Hall–Kier alpha value is -3.03. The number of nitrogens with zero attached hydrogens (tertiary/aromatic N) is 4. The molecule has 2 heterocycles. The molecule has 4 rings (SSSR count). The number of rotatable bonds is 9. The van der Waals surface area contributed by atoms with Crippen molar-refractivity contribution < 1.29 is 4.74 Å². The van der Waals surface area contributed by atoms with Gasteiger partial charge in [-0.2, -0.15) is 0 Å². The van der Waals surface area contributed by atoms with Crippen molar-refractivity contribution in [2.75, 3.05) is 39.1 Å². The van der Waals surface area contributed by atoms with Crippen LogP contribution in [-0.4, -0.2) is 53.6 Å². The van der Waals surface area contributed by atoms with Crippen LogP contribution in [0.3, 0.4) is 0 Å². The van der Waals surface area contributed by atoms with Crippen LogP contribution in [0.15, 0.2) is 54.0 Å². The lowest BCUT2D eigenvalue weighted by atomic mass is 10.1. The minimum absolute atomic E-state index is 0.686. The third-order valence-corrected chi connectivity index (χ3v) is 5.68. The molecule has 0 fully saturated rings. The molecule has 7 heteroatoms. The van der Waals surface area contributed by atoms with Crippen LogP contribution in [0, 0.1) is 6.92 Å². The normalized spacial score (nSPS) is 11.2. The molecule has 0 aliphatic carbocycles. The summed E-state index contributed by atoms with van der Waals surface area (Å²) in [5.74, 6) is 2.50. The molecule has 0 aliphatic heterocycles. The Morgan fingerprint density at radius 2 is 1.97 bits per heavy atom. The molecule has 2 aromatic heterocycles. The SMILES string of the molecule is Cc1nc(NCCc2cccc(OCCN(C)C)c2)cc(-c2ccc3ncsc3c2)n1. The monoisotopic (exact) mass is 433 g/mol. The minimum atomic E-state index is 0.686. The average molecular weight is 434 g/mol. The zero-order valence-electron chi connectivity index (χ0n) is 18.1. The lowest BCUT2D eigenvalue weighted by Crippen LogP contribution is -2.19. The van der Waals surface area contributed by atoms with E-state index in [-0.39, 0.29) is 0 Å². The highest BCUT2D eigenvalue weighted by Crippen LogP contribution is 2.26. The van der Waals surface area contributed by atoms with Crippen LogP contribution in [0.2, 0.25) is 0 Å². The zero-order chi connectivity index (χ0) is 21.6. The number of likely N-dealkylation sites (N-methyl/N-ethyl adjacent to an activating group) is 1. The number of ether oxygens (including phenoxy) is 1. The highest BCUT2D eigenvalue weighted by atomic mass is 32.1. The van der Waals surface area contributed by atoms with E-state index < -0.39 is 0 Å². The number of aromatic nitrogens is 3. The van der Waals surface area contributed by atoms with Gasteiger partial charge in [0, 0.05) is 24.7 Å². The topological polar surface area (TPSA) is 63.2 Å². The molecule has 160 valence electrons. The lowest BCUT2D eigenvalue weighted by molar-refractivity contribution is 0.261. The van der Waals surface area contributed by atoms with Crippen LogP contribution < -0.4 is 10.1 Å². The molecule has 4 aromatic rings. The standard InChI is InChI=1S/C24H27N5OS/c1-17-27-22(19-7-8-21-23(14-19)31-16-26-21)15-24(28-17)25-10-9-18-5-4-6-20(13-18)30-12-11-29(2)3/h4-8,13-16H,9-12H2,1-3H3,(H,25,27,28). The van der Waals surface area contributed by atoms with E-state index in [1.807, 2.05) is 50.8 Å². The molecule has 0 amide bonds. The maximum Gasteiger partial charge on any atom is 0.130 e. The fourth-order valence-electron chi connectivity index (χ4n) is 3.29. The summed E-state index contributed by atoms with van der Waals surface area (Å²) in [7, 11) is 4.09. The fraction of sp³-hybridized carbons (Fsp3) is 0.292. The van der Waals surface area contributed by atoms with Gasteiger partial charge in [-0.25, -0.2) is 15.0 Å². The number of nitrogens with one attached hydrogen (secondary N) is 1. The van der Waals surface area contributed by atoms with Gasteiger partial charge in [-0.3, -0.25) is 0 Å². The van der Waals surface area contributed by atoms with Crippen LogP contribution in [0.1, 0.15) is 11.4 Å². The van der Waals surface area contributed by atoms with E-state index >= 15 is 0 Å². The molecule has 0 aliphatic rings. The van der Waals surface area contributed by atoms with Gasteiger partial charge >= 0.3 is 0 Å². The summed E-state index contributed by atoms with van der Waals surface area (Å²) in [5.41, 5.74) is 6.12. The highest BCUT2D eigenvalue weighted by Gasteiger charge is 2.07. The molecule has 0 bridgehead atoms. The highest BCUT2D eigenvalue weighted by molar-refractivity contribution is 7.16. The third kappa shape index (κ3) is 5.77. The van der Waals surface area contributed by atoms with Gasteiger partial charge in [-0.15, -0.1) is 11.3 Å². The molecule has 6 nitrogen and oxygen atoms in total. The van der Waals surface area contributed by atoms with Crippen molar-refractivity contribution in [1.82, 2.24) is 19.9 Å². The van der Waals surface area contributed by atoms with Crippen molar-refractivity contribution in [3.05, 3.63) is 65.4 Å². The Kier molecular flexibility index (Phi) is 6.74. The first-order valence-electron chi connectivity index (χ1n) is 10.4. The minimum Gasteiger partial charge on any atom is -0.492 e. The van der Waals surface area contributed by atoms with Gasteiger partial charge in [0.05, 0.1) is 21.4 Å². The maximum atomic E-state index is 5.84. The second-order valence-electron chi connectivity index (χ2n) is 7.70. The zero-order valence-corrected chi connectivity index (χ0v) is 18.9. The molecule has 31 heavy (non-hydrogen) atoms. The van der Waals surface area contributed by atoms with Crippen LogP contribution in [-0.2, 0) is 6.42 Å². The first-order valence-corrected chi connectivity index (χ1v) is 11.2. The molecule has 0 unspecified atom stereocenters. The number of hydrogen-bond donors (Lipinski definition) is 1. The van der Waals surface area contributed by atoms with E-state index in [0.717, 1.165) is 58.4 Å². The van der Waals surface area contributed by atoms with Gasteiger partial charge in [-0.05, 0) is 57.3 Å². The summed E-state index contributed by atoms with van der Waals surface area (Å²) < 4.78 is 7.00. The number of aryl methyl sites for hydroxylation is 1. The molecule has 0 spiro atoms. The predicted molar refractivity (Wildman–Crippen MR) is 128 cm³/mol. The molecule has 1 N–H and O–H groups in total. The van der Waals surface area contributed by atoms with Gasteiger partial charge in [0.15, 0.2) is 0 Å². The number of thiazole rings is 1. The van der Waals surface area contributed by atoms with Crippen LogP contribution >= 0.6 is 11.3 Å². The van der Waals surface area contributed by atoms with E-state index in [9.17, 15) is 0 Å². The van der Waals surface area contributed by atoms with E-state index in [0.29, 0.717) is 6.61 Å². The summed E-state index contributed by atoms with van der Waals surface area (Å²) >= 11 is 1.64. The van der Waals surface area contributed by atoms with Gasteiger partial charge in [0.1, 0.15) is 24.0 Å². The third-order valence-electron chi connectivity index (χ3n) is 4.89. The van der Waals surface area contributed by atoms with E-state index in [1.165, 1.54) is 5.56 Å². The smallest absolute Gasteiger partial charge is 0.130 e. The Bertz CT molecular complexity index is 1160. The van der Waals surface area contributed by atoms with Crippen molar-refractivity contribution in [3.8, 4) is 17.0 Å². The van der Waals surface area contributed by atoms with Crippen molar-refractivity contribution >= 4 is 27.4 Å². The Morgan fingerprint density at radius 1 is 1.06 bits per heavy atom. The number of hydrogen-bond acceptors (Lipinski definition) is 7. The number of benzene rings is 2. The number of anilines is 1. The predicted octanol–water partition coefficient (Wildman–Crippen LogP) is 4.66. The van der Waals surface area contributed by atoms with Crippen LogP contribution in [0.5, 0.6) is 5.75 Å². The second kappa shape index (κ2) is 9.85. The van der Waals surface area contributed by atoms with E-state index in [4.69, 9.17) is 4.74 Å². The first-order chi connectivity index (χ1) is 15.1. The van der Waals surface area contributed by atoms with Crippen molar-refractivity contribution in [1.29, 1.82) is 0 Å². The molecule has 0 saturated carbocycles. The molecule has 2 aromatic carbocycles. The second-order valence-corrected chi connectivity index (χ2v) is 8.58. The molecule has 0 radical (unpaired) electrons. The largest absolute Gasteiger partial charge is 0.492 e. The molecule has 0 saturated heterocycles. The van der Waals surface area contributed by atoms with Gasteiger partial charge in [0.25, 0.3) is 0 Å². The molecule has 0 atom stereocenters. The van der Waals surface area contributed by atoms with Gasteiger partial charge in [-0.1, -0.05) is 18.2 Å². The van der Waals surface area contributed by atoms with E-state index in [2.05, 4.69) is 49.4 Å². The Labute approximate surface area is 187 Å². The summed E-state index contributed by atoms with van der Waals surface area (Å²) in [6.07, 6.45) is 0.885. The summed E-state index contributed by atoms with van der Waals surface area (Å²) in [4.78, 5) is 15.6. The van der Waals surface area contributed by atoms with Crippen LogP contribution in [0.25, 0.3) is 21.5 Å². The number of fused-ring (bicyclic) bond motifs is 1. The Morgan fingerprint density at radius 3 is 2.84 bits per heavy atom. The van der Waals surface area contributed by atoms with Gasteiger partial charge < -0.3 is 15.0 Å². The summed E-state index contributed by atoms with van der Waals surface area (Å²) in [6.45, 7) is 4.29. The quantitative estimate of drug-likeness (QED) is 0.414. The van der Waals surface area contributed by atoms with Crippen molar-refractivity contribution in [3.63, 3.8) is 0 Å². The summed E-state index contributed by atoms with van der Waals surface area (Å²) in [5, 5.41) is 3.45. The van der Waals surface area contributed by atoms with Crippen LogP contribution in [0.4, 0.5) is 5.82 Å². The maximum absolute atomic E-state index is 5.84. The lowest BCUT2D eigenvalue weighted by Gasteiger charge is -2.12. The molecular weight excluding hydrogens is 406 g/mol.